The van der Waals surface area contributed by atoms with Crippen LogP contribution >= 0.6 is 11.3 Å². The van der Waals surface area contributed by atoms with Crippen molar-refractivity contribution in [1.29, 1.82) is 0 Å². The summed E-state index contributed by atoms with van der Waals surface area (Å²) in [6.07, 6.45) is 2.49. The second-order valence-corrected chi connectivity index (χ2v) is 6.75. The molecule has 0 saturated carbocycles. The summed E-state index contributed by atoms with van der Waals surface area (Å²) in [4.78, 5) is 19.7. The standard InChI is InChI=1S/C18H16FN3O2S/c1-24-8-2-6-21-18-22-15-11-4-3-10(19)9-13(11)14-12(16(15)25-18)5-7-20-17(14)23/h3-5,7,9H,2,6,8H2,1H3,(H,20,23)(H,21,22). The van der Waals surface area contributed by atoms with Crippen molar-refractivity contribution in [2.24, 2.45) is 0 Å². The Bertz CT molecular complexity index is 1140. The highest BCUT2D eigenvalue weighted by Crippen LogP contribution is 2.38. The first-order chi connectivity index (χ1) is 12.2. The molecule has 2 N–H and O–H groups in total. The van der Waals surface area contributed by atoms with Crippen molar-refractivity contribution in [3.8, 4) is 0 Å². The fourth-order valence-corrected chi connectivity index (χ4v) is 4.07. The zero-order valence-electron chi connectivity index (χ0n) is 13.6. The van der Waals surface area contributed by atoms with Crippen LogP contribution in [0.4, 0.5) is 9.52 Å². The largest absolute Gasteiger partial charge is 0.385 e. The zero-order valence-corrected chi connectivity index (χ0v) is 14.4. The summed E-state index contributed by atoms with van der Waals surface area (Å²) in [7, 11) is 1.67. The van der Waals surface area contributed by atoms with E-state index in [4.69, 9.17) is 4.74 Å². The maximum absolute atomic E-state index is 13.8. The number of ether oxygens (including phenoxy) is 1. The molecule has 2 aromatic carbocycles. The lowest BCUT2D eigenvalue weighted by Crippen LogP contribution is -2.05. The molecule has 0 aliphatic heterocycles. The van der Waals surface area contributed by atoms with E-state index in [9.17, 15) is 9.18 Å². The minimum Gasteiger partial charge on any atom is -0.385 e. The molecular formula is C18H16FN3O2S. The number of benzene rings is 2. The number of thiazole rings is 1. The molecule has 25 heavy (non-hydrogen) atoms. The molecule has 0 spiro atoms. The topological polar surface area (TPSA) is 67.0 Å². The molecule has 5 nitrogen and oxygen atoms in total. The van der Waals surface area contributed by atoms with Gasteiger partial charge < -0.3 is 15.0 Å². The Hall–Kier alpha value is -2.51. The van der Waals surface area contributed by atoms with E-state index in [1.807, 2.05) is 6.07 Å². The number of pyridine rings is 1. The molecule has 0 aliphatic carbocycles. The second kappa shape index (κ2) is 6.42. The predicted molar refractivity (Wildman–Crippen MR) is 100 cm³/mol. The molecule has 0 atom stereocenters. The van der Waals surface area contributed by atoms with Crippen LogP contribution in [-0.4, -0.2) is 30.2 Å². The van der Waals surface area contributed by atoms with Gasteiger partial charge in [-0.15, -0.1) is 0 Å². The Morgan fingerprint density at radius 1 is 1.28 bits per heavy atom. The normalized spacial score (nSPS) is 11.6. The van der Waals surface area contributed by atoms with E-state index in [1.54, 1.807) is 19.4 Å². The number of halogens is 1. The number of nitrogens with one attached hydrogen (secondary N) is 2. The van der Waals surface area contributed by atoms with Gasteiger partial charge in [0.2, 0.25) is 0 Å². The van der Waals surface area contributed by atoms with Crippen molar-refractivity contribution < 1.29 is 9.13 Å². The summed E-state index contributed by atoms with van der Waals surface area (Å²) in [5, 5.41) is 6.73. The van der Waals surface area contributed by atoms with Gasteiger partial charge in [0.15, 0.2) is 5.13 Å². The molecule has 128 valence electrons. The van der Waals surface area contributed by atoms with E-state index >= 15 is 0 Å². The van der Waals surface area contributed by atoms with Crippen molar-refractivity contribution in [1.82, 2.24) is 9.97 Å². The molecule has 0 amide bonds. The number of rotatable bonds is 5. The molecule has 2 heterocycles. The van der Waals surface area contributed by atoms with Crippen LogP contribution < -0.4 is 10.9 Å². The van der Waals surface area contributed by atoms with E-state index in [1.165, 1.54) is 23.5 Å². The van der Waals surface area contributed by atoms with Gasteiger partial charge in [-0.05, 0) is 30.7 Å². The predicted octanol–water partition coefficient (Wildman–Crippen LogP) is 3.88. The lowest BCUT2D eigenvalue weighted by atomic mass is 10.0. The quantitative estimate of drug-likeness (QED) is 0.420. The average Bonchev–Trinajstić information content (AvgIpc) is 3.03. The number of fused-ring (bicyclic) bond motifs is 6. The molecule has 7 heteroatoms. The van der Waals surface area contributed by atoms with Gasteiger partial charge in [-0.1, -0.05) is 11.3 Å². The van der Waals surface area contributed by atoms with Crippen LogP contribution in [0.3, 0.4) is 0 Å². The van der Waals surface area contributed by atoms with Gasteiger partial charge in [0.25, 0.3) is 5.56 Å². The van der Waals surface area contributed by atoms with E-state index in [2.05, 4.69) is 15.3 Å². The molecule has 0 bridgehead atoms. The molecule has 4 rings (SSSR count). The van der Waals surface area contributed by atoms with Crippen LogP contribution in [0.2, 0.25) is 0 Å². The Kier molecular flexibility index (Phi) is 4.10. The number of anilines is 1. The fourth-order valence-electron chi connectivity index (χ4n) is 3.04. The van der Waals surface area contributed by atoms with E-state index in [0.29, 0.717) is 17.4 Å². The third-order valence-electron chi connectivity index (χ3n) is 4.14. The van der Waals surface area contributed by atoms with E-state index in [0.717, 1.165) is 39.1 Å². The third-order valence-corrected chi connectivity index (χ3v) is 5.19. The van der Waals surface area contributed by atoms with Crippen LogP contribution in [0.1, 0.15) is 6.42 Å². The highest BCUT2D eigenvalue weighted by atomic mass is 32.1. The lowest BCUT2D eigenvalue weighted by molar-refractivity contribution is 0.198. The van der Waals surface area contributed by atoms with E-state index < -0.39 is 0 Å². The van der Waals surface area contributed by atoms with Gasteiger partial charge in [-0.3, -0.25) is 4.79 Å². The van der Waals surface area contributed by atoms with Crippen molar-refractivity contribution in [2.45, 2.75) is 6.42 Å². The number of methoxy groups -OCH3 is 1. The number of aromatic nitrogens is 2. The van der Waals surface area contributed by atoms with Crippen LogP contribution in [0.25, 0.3) is 31.8 Å². The summed E-state index contributed by atoms with van der Waals surface area (Å²) >= 11 is 1.50. The first kappa shape index (κ1) is 16.0. The van der Waals surface area contributed by atoms with Gasteiger partial charge in [-0.25, -0.2) is 9.37 Å². The summed E-state index contributed by atoms with van der Waals surface area (Å²) in [5.41, 5.74) is 0.561. The first-order valence-electron chi connectivity index (χ1n) is 7.95. The van der Waals surface area contributed by atoms with Crippen molar-refractivity contribution in [3.63, 3.8) is 0 Å². The van der Waals surface area contributed by atoms with Crippen molar-refractivity contribution in [3.05, 3.63) is 46.6 Å². The maximum atomic E-state index is 13.8. The van der Waals surface area contributed by atoms with Gasteiger partial charge >= 0.3 is 0 Å². The monoisotopic (exact) mass is 357 g/mol. The fraction of sp³-hybridized carbons (Fsp3) is 0.222. The Morgan fingerprint density at radius 2 is 2.16 bits per heavy atom. The molecule has 0 fully saturated rings. The minimum absolute atomic E-state index is 0.224. The van der Waals surface area contributed by atoms with Crippen LogP contribution in [0.15, 0.2) is 35.3 Å². The smallest absolute Gasteiger partial charge is 0.256 e. The Balaban J connectivity index is 1.97. The number of nitrogens with zero attached hydrogens (tertiary/aromatic N) is 1. The maximum Gasteiger partial charge on any atom is 0.256 e. The summed E-state index contributed by atoms with van der Waals surface area (Å²) in [6, 6.07) is 6.33. The average molecular weight is 357 g/mol. The number of aromatic amines is 1. The Labute approximate surface area is 146 Å². The molecule has 0 radical (unpaired) electrons. The molecule has 0 saturated heterocycles. The molecule has 2 aromatic heterocycles. The molecule has 0 aliphatic rings. The van der Waals surface area contributed by atoms with Crippen LogP contribution in [0.5, 0.6) is 0 Å². The highest BCUT2D eigenvalue weighted by Gasteiger charge is 2.15. The summed E-state index contributed by atoms with van der Waals surface area (Å²) < 4.78 is 19.8. The van der Waals surface area contributed by atoms with E-state index in [-0.39, 0.29) is 11.4 Å². The lowest BCUT2D eigenvalue weighted by Gasteiger charge is -2.05. The summed E-state index contributed by atoms with van der Waals surface area (Å²) in [6.45, 7) is 1.43. The van der Waals surface area contributed by atoms with Gasteiger partial charge in [0.1, 0.15) is 5.82 Å². The second-order valence-electron chi connectivity index (χ2n) is 5.76. The van der Waals surface area contributed by atoms with Crippen molar-refractivity contribution in [2.75, 3.05) is 25.6 Å². The van der Waals surface area contributed by atoms with Crippen molar-refractivity contribution >= 4 is 48.2 Å². The zero-order chi connectivity index (χ0) is 17.4. The van der Waals surface area contributed by atoms with Crippen LogP contribution in [-0.2, 0) is 4.74 Å². The summed E-state index contributed by atoms with van der Waals surface area (Å²) in [5.74, 6) is -0.371. The molecule has 4 aromatic rings. The number of H-pyrrole nitrogens is 1. The molecular weight excluding hydrogens is 341 g/mol. The SMILES string of the molecule is COCCCNc1nc2c3ccc(F)cc3c3c(=O)[nH]ccc3c2s1. The Morgan fingerprint density at radius 3 is 3.00 bits per heavy atom. The number of hydrogen-bond acceptors (Lipinski definition) is 5. The van der Waals surface area contributed by atoms with Gasteiger partial charge in [-0.2, -0.15) is 0 Å². The third kappa shape index (κ3) is 2.75. The van der Waals surface area contributed by atoms with Crippen LogP contribution in [0, 0.1) is 5.82 Å². The first-order valence-corrected chi connectivity index (χ1v) is 8.76. The van der Waals surface area contributed by atoms with Gasteiger partial charge in [0, 0.05) is 42.6 Å². The number of hydrogen-bond donors (Lipinski definition) is 2. The molecule has 0 unspecified atom stereocenters. The highest BCUT2D eigenvalue weighted by molar-refractivity contribution is 7.23. The minimum atomic E-state index is -0.371. The van der Waals surface area contributed by atoms with Gasteiger partial charge in [0.05, 0.1) is 15.6 Å².